The van der Waals surface area contributed by atoms with Crippen molar-refractivity contribution in [3.8, 4) is 0 Å². The molecule has 1 atom stereocenters. The lowest BCUT2D eigenvalue weighted by atomic mass is 10.0. The molecule has 2 aromatic rings. The van der Waals surface area contributed by atoms with Gasteiger partial charge in [0.25, 0.3) is 11.7 Å². The van der Waals surface area contributed by atoms with Crippen LogP contribution in [0, 0.1) is 5.92 Å². The third kappa shape index (κ3) is 7.02. The zero-order valence-electron chi connectivity index (χ0n) is 15.1. The monoisotopic (exact) mass is 392 g/mol. The molecule has 0 aromatic heterocycles. The molecule has 2 amide bonds. The van der Waals surface area contributed by atoms with Gasteiger partial charge in [-0.15, -0.1) is 0 Å². The number of benzene rings is 2. The van der Waals surface area contributed by atoms with Gasteiger partial charge >= 0.3 is 0 Å². The van der Waals surface area contributed by atoms with Crippen molar-refractivity contribution < 1.29 is 18.4 Å². The summed E-state index contributed by atoms with van der Waals surface area (Å²) in [4.78, 5) is 25.3. The topological polar surface area (TPSA) is 58.2 Å². The van der Waals surface area contributed by atoms with Gasteiger partial charge in [0.15, 0.2) is 0 Å². The second-order valence-electron chi connectivity index (χ2n) is 6.40. The Hall–Kier alpha value is -2.41. The lowest BCUT2D eigenvalue weighted by Gasteiger charge is -2.19. The molecule has 144 valence electrons. The Bertz CT molecular complexity index is 752. The zero-order chi connectivity index (χ0) is 19.8. The first-order valence-electron chi connectivity index (χ1n) is 8.55. The van der Waals surface area contributed by atoms with Gasteiger partial charge in [-0.3, -0.25) is 9.59 Å². The first kappa shape index (κ1) is 20.9. The van der Waals surface area contributed by atoms with Gasteiger partial charge in [0, 0.05) is 17.0 Å². The molecule has 0 bridgehead atoms. The van der Waals surface area contributed by atoms with E-state index in [-0.39, 0.29) is 11.8 Å². The van der Waals surface area contributed by atoms with Crippen molar-refractivity contribution in [3.05, 3.63) is 60.2 Å². The van der Waals surface area contributed by atoms with Gasteiger partial charge in [-0.25, -0.2) is 0 Å². The van der Waals surface area contributed by atoms with Crippen LogP contribution in [-0.2, 0) is 9.59 Å². The highest BCUT2D eigenvalue weighted by molar-refractivity contribution is 7.99. The molecule has 0 aliphatic heterocycles. The molecule has 0 fully saturated rings. The van der Waals surface area contributed by atoms with Crippen molar-refractivity contribution in [2.45, 2.75) is 37.0 Å². The lowest BCUT2D eigenvalue weighted by Crippen LogP contribution is -2.37. The maximum Gasteiger partial charge on any atom is 0.288 e. The van der Waals surface area contributed by atoms with Gasteiger partial charge < -0.3 is 10.6 Å². The fourth-order valence-electron chi connectivity index (χ4n) is 2.47. The minimum atomic E-state index is -2.50. The van der Waals surface area contributed by atoms with E-state index in [0.29, 0.717) is 34.3 Å². The average Bonchev–Trinajstić information content (AvgIpc) is 2.61. The molecule has 27 heavy (non-hydrogen) atoms. The standard InChI is InChI=1S/C20H22F2N2O2S/c1-13(2)12-17(25)24-18(14-6-4-3-5-7-14)19(26)23-15-8-10-16(11-9-15)27-20(21)22/h3-11,13,18,20H,12H2,1-2H3,(H,23,26)(H,24,25). The highest BCUT2D eigenvalue weighted by atomic mass is 32.2. The fraction of sp³-hybridized carbons (Fsp3) is 0.300. The lowest BCUT2D eigenvalue weighted by molar-refractivity contribution is -0.127. The maximum atomic E-state index is 12.7. The van der Waals surface area contributed by atoms with Gasteiger partial charge in [-0.1, -0.05) is 55.9 Å². The Kier molecular flexibility index (Phi) is 7.79. The van der Waals surface area contributed by atoms with E-state index < -0.39 is 17.7 Å². The Morgan fingerprint density at radius 2 is 1.63 bits per heavy atom. The number of hydrogen-bond acceptors (Lipinski definition) is 3. The van der Waals surface area contributed by atoms with E-state index >= 15 is 0 Å². The quantitative estimate of drug-likeness (QED) is 0.632. The van der Waals surface area contributed by atoms with Crippen LogP contribution in [0.1, 0.15) is 31.9 Å². The number of halogens is 2. The third-order valence-corrected chi connectivity index (χ3v) is 4.36. The van der Waals surface area contributed by atoms with Gasteiger partial charge in [-0.05, 0) is 35.7 Å². The SMILES string of the molecule is CC(C)CC(=O)NC(C(=O)Nc1ccc(SC(F)F)cc1)c1ccccc1. The first-order valence-corrected chi connectivity index (χ1v) is 9.43. The molecular formula is C20H22F2N2O2S. The molecule has 0 heterocycles. The number of anilines is 1. The normalized spacial score (nSPS) is 12.1. The molecule has 7 heteroatoms. The van der Waals surface area contributed by atoms with Gasteiger partial charge in [0.2, 0.25) is 5.91 Å². The van der Waals surface area contributed by atoms with Crippen LogP contribution in [-0.4, -0.2) is 17.6 Å². The number of thioether (sulfide) groups is 1. The number of alkyl halides is 2. The van der Waals surface area contributed by atoms with Gasteiger partial charge in [0.1, 0.15) is 6.04 Å². The Balaban J connectivity index is 2.12. The van der Waals surface area contributed by atoms with Crippen LogP contribution in [0.5, 0.6) is 0 Å². The number of nitrogens with one attached hydrogen (secondary N) is 2. The largest absolute Gasteiger partial charge is 0.341 e. The highest BCUT2D eigenvalue weighted by Crippen LogP contribution is 2.26. The molecule has 0 spiro atoms. The molecule has 0 aliphatic carbocycles. The number of amides is 2. The molecule has 4 nitrogen and oxygen atoms in total. The van der Waals surface area contributed by atoms with Crippen LogP contribution in [0.15, 0.2) is 59.5 Å². The van der Waals surface area contributed by atoms with E-state index in [1.165, 1.54) is 12.1 Å². The van der Waals surface area contributed by atoms with Crippen LogP contribution in [0.25, 0.3) is 0 Å². The van der Waals surface area contributed by atoms with Crippen molar-refractivity contribution in [1.29, 1.82) is 0 Å². The van der Waals surface area contributed by atoms with Crippen molar-refractivity contribution in [3.63, 3.8) is 0 Å². The van der Waals surface area contributed by atoms with E-state index in [2.05, 4.69) is 10.6 Å². The van der Waals surface area contributed by atoms with Crippen LogP contribution in [0.3, 0.4) is 0 Å². The average molecular weight is 392 g/mol. The van der Waals surface area contributed by atoms with Crippen LogP contribution >= 0.6 is 11.8 Å². The smallest absolute Gasteiger partial charge is 0.288 e. The summed E-state index contributed by atoms with van der Waals surface area (Å²) < 4.78 is 24.8. The summed E-state index contributed by atoms with van der Waals surface area (Å²) in [7, 11) is 0. The van der Waals surface area contributed by atoms with Gasteiger partial charge in [0.05, 0.1) is 0 Å². The van der Waals surface area contributed by atoms with E-state index in [4.69, 9.17) is 0 Å². The van der Waals surface area contributed by atoms with E-state index in [0.717, 1.165) is 0 Å². The van der Waals surface area contributed by atoms with Crippen LogP contribution < -0.4 is 10.6 Å². The molecule has 0 radical (unpaired) electrons. The van der Waals surface area contributed by atoms with Crippen molar-refractivity contribution in [1.82, 2.24) is 5.32 Å². The van der Waals surface area contributed by atoms with Crippen LogP contribution in [0.2, 0.25) is 0 Å². The zero-order valence-corrected chi connectivity index (χ0v) is 15.9. The maximum absolute atomic E-state index is 12.7. The summed E-state index contributed by atoms with van der Waals surface area (Å²) in [5, 5.41) is 5.50. The Morgan fingerprint density at radius 3 is 2.19 bits per heavy atom. The van der Waals surface area contributed by atoms with E-state index in [1.807, 2.05) is 19.9 Å². The Labute approximate surface area is 161 Å². The van der Waals surface area contributed by atoms with Crippen molar-refractivity contribution in [2.24, 2.45) is 5.92 Å². The molecular weight excluding hydrogens is 370 g/mol. The molecule has 2 N–H and O–H groups in total. The second kappa shape index (κ2) is 10.1. The van der Waals surface area contributed by atoms with Gasteiger partial charge in [-0.2, -0.15) is 8.78 Å². The highest BCUT2D eigenvalue weighted by Gasteiger charge is 2.23. The fourth-order valence-corrected chi connectivity index (χ4v) is 2.97. The molecule has 1 unspecified atom stereocenters. The first-order chi connectivity index (χ1) is 12.8. The van der Waals surface area contributed by atoms with Crippen molar-refractivity contribution >= 4 is 29.3 Å². The van der Waals surface area contributed by atoms with Crippen molar-refractivity contribution in [2.75, 3.05) is 5.32 Å². The number of carbonyl (C=O) groups is 2. The van der Waals surface area contributed by atoms with Crippen LogP contribution in [0.4, 0.5) is 14.5 Å². The number of hydrogen-bond donors (Lipinski definition) is 2. The number of carbonyl (C=O) groups excluding carboxylic acids is 2. The summed E-state index contributed by atoms with van der Waals surface area (Å²) in [5.41, 5.74) is 1.13. The molecule has 0 saturated heterocycles. The minimum absolute atomic E-state index is 0.171. The predicted octanol–water partition coefficient (Wildman–Crippen LogP) is 4.84. The summed E-state index contributed by atoms with van der Waals surface area (Å²) >= 11 is 0.440. The minimum Gasteiger partial charge on any atom is -0.341 e. The molecule has 2 aromatic carbocycles. The van der Waals surface area contributed by atoms with E-state index in [9.17, 15) is 18.4 Å². The Morgan fingerprint density at radius 1 is 1.00 bits per heavy atom. The summed E-state index contributed by atoms with van der Waals surface area (Å²) in [5.74, 6) is -2.93. The number of rotatable bonds is 8. The second-order valence-corrected chi connectivity index (χ2v) is 7.46. The van der Waals surface area contributed by atoms with E-state index in [1.54, 1.807) is 36.4 Å². The molecule has 2 rings (SSSR count). The summed E-state index contributed by atoms with van der Waals surface area (Å²) in [6, 6.07) is 14.2. The summed E-state index contributed by atoms with van der Waals surface area (Å²) in [6.07, 6.45) is 0.316. The molecule has 0 saturated carbocycles. The predicted molar refractivity (Wildman–Crippen MR) is 104 cm³/mol. The summed E-state index contributed by atoms with van der Waals surface area (Å²) in [6.45, 7) is 3.85. The molecule has 0 aliphatic rings. The third-order valence-electron chi connectivity index (χ3n) is 3.64.